The van der Waals surface area contributed by atoms with Crippen molar-refractivity contribution in [2.24, 2.45) is 0 Å². The molecule has 0 bridgehead atoms. The summed E-state index contributed by atoms with van der Waals surface area (Å²) in [7, 11) is 0. The maximum absolute atomic E-state index is 12.3. The molecule has 1 aliphatic rings. The monoisotopic (exact) mass is 384 g/mol. The van der Waals surface area contributed by atoms with Crippen molar-refractivity contribution in [3.05, 3.63) is 41.5 Å². The molecular formula is C17H19F3N4OS. The van der Waals surface area contributed by atoms with E-state index < -0.39 is 5.51 Å². The lowest BCUT2D eigenvalue weighted by Gasteiger charge is -2.09. The Morgan fingerprint density at radius 1 is 1.15 bits per heavy atom. The third-order valence-electron chi connectivity index (χ3n) is 4.17. The van der Waals surface area contributed by atoms with E-state index in [1.54, 1.807) is 0 Å². The average molecular weight is 384 g/mol. The Bertz CT molecular complexity index is 758. The molecule has 140 valence electrons. The number of alkyl halides is 3. The van der Waals surface area contributed by atoms with Gasteiger partial charge in [-0.2, -0.15) is 13.2 Å². The van der Waals surface area contributed by atoms with Crippen LogP contribution in [-0.2, 0) is 19.4 Å². The lowest BCUT2D eigenvalue weighted by Crippen LogP contribution is -2.26. The summed E-state index contributed by atoms with van der Waals surface area (Å²) in [6.07, 6.45) is 4.91. The largest absolute Gasteiger partial charge is 0.446 e. The van der Waals surface area contributed by atoms with Gasteiger partial charge in [0.15, 0.2) is 0 Å². The van der Waals surface area contributed by atoms with Crippen LogP contribution in [0.2, 0.25) is 0 Å². The molecule has 1 aromatic carbocycles. The molecule has 0 spiro atoms. The Kier molecular flexibility index (Phi) is 5.85. The molecule has 0 atom stereocenters. The summed E-state index contributed by atoms with van der Waals surface area (Å²) in [5.41, 5.74) is -4.00. The van der Waals surface area contributed by atoms with E-state index in [9.17, 15) is 18.0 Å². The fraction of sp³-hybridized carbons (Fsp3) is 0.471. The number of nitrogens with one attached hydrogen (secondary N) is 1. The Labute approximate surface area is 153 Å². The topological polar surface area (TPSA) is 59.8 Å². The van der Waals surface area contributed by atoms with Gasteiger partial charge in [0.1, 0.15) is 11.6 Å². The number of benzene rings is 1. The van der Waals surface area contributed by atoms with Crippen LogP contribution in [0.15, 0.2) is 29.2 Å². The molecule has 1 aliphatic heterocycles. The number of nitrogens with zero attached hydrogens (tertiary/aromatic N) is 3. The Morgan fingerprint density at radius 3 is 2.65 bits per heavy atom. The van der Waals surface area contributed by atoms with Crippen molar-refractivity contribution in [2.45, 2.75) is 49.1 Å². The maximum atomic E-state index is 12.3. The van der Waals surface area contributed by atoms with E-state index in [-0.39, 0.29) is 22.6 Å². The molecule has 1 amide bonds. The van der Waals surface area contributed by atoms with E-state index >= 15 is 0 Å². The van der Waals surface area contributed by atoms with E-state index in [1.165, 1.54) is 30.7 Å². The molecule has 0 saturated carbocycles. The van der Waals surface area contributed by atoms with E-state index in [1.807, 2.05) is 0 Å². The van der Waals surface area contributed by atoms with Crippen LogP contribution >= 0.6 is 11.8 Å². The Balaban J connectivity index is 1.52. The first-order valence-corrected chi connectivity index (χ1v) is 9.29. The fourth-order valence-electron chi connectivity index (χ4n) is 2.93. The molecule has 26 heavy (non-hydrogen) atoms. The van der Waals surface area contributed by atoms with Crippen LogP contribution in [0.25, 0.3) is 0 Å². The van der Waals surface area contributed by atoms with E-state index in [4.69, 9.17) is 0 Å². The highest BCUT2D eigenvalue weighted by atomic mass is 32.2. The molecule has 1 aromatic heterocycles. The zero-order valence-corrected chi connectivity index (χ0v) is 14.9. The van der Waals surface area contributed by atoms with Crippen LogP contribution < -0.4 is 5.32 Å². The summed E-state index contributed by atoms with van der Waals surface area (Å²) >= 11 is -0.198. The van der Waals surface area contributed by atoms with Gasteiger partial charge in [-0.15, -0.1) is 10.2 Å². The second kappa shape index (κ2) is 8.11. The minimum atomic E-state index is -4.33. The number of hydrogen-bond acceptors (Lipinski definition) is 4. The molecule has 2 heterocycles. The van der Waals surface area contributed by atoms with Gasteiger partial charge in [0, 0.05) is 36.4 Å². The zero-order chi connectivity index (χ0) is 18.6. The Morgan fingerprint density at radius 2 is 1.92 bits per heavy atom. The number of aromatic nitrogens is 3. The molecule has 0 radical (unpaired) electrons. The van der Waals surface area contributed by atoms with Crippen molar-refractivity contribution < 1.29 is 18.0 Å². The van der Waals surface area contributed by atoms with Crippen molar-refractivity contribution >= 4 is 17.7 Å². The zero-order valence-electron chi connectivity index (χ0n) is 14.1. The van der Waals surface area contributed by atoms with Crippen molar-refractivity contribution in [2.75, 3.05) is 6.54 Å². The summed E-state index contributed by atoms with van der Waals surface area (Å²) in [5.74, 6) is 1.55. The highest BCUT2D eigenvalue weighted by Crippen LogP contribution is 2.36. The van der Waals surface area contributed by atoms with Gasteiger partial charge < -0.3 is 9.88 Å². The minimum Gasteiger partial charge on any atom is -0.352 e. The summed E-state index contributed by atoms with van der Waals surface area (Å²) in [4.78, 5) is 12.2. The number of fused-ring (bicyclic) bond motifs is 1. The summed E-state index contributed by atoms with van der Waals surface area (Å²) < 4.78 is 39.1. The molecule has 0 saturated heterocycles. The van der Waals surface area contributed by atoms with Crippen molar-refractivity contribution in [1.82, 2.24) is 20.1 Å². The quantitative estimate of drug-likeness (QED) is 0.801. The van der Waals surface area contributed by atoms with E-state index in [2.05, 4.69) is 20.1 Å². The molecule has 0 fully saturated rings. The number of aryl methyl sites for hydroxylation is 1. The van der Waals surface area contributed by atoms with Crippen LogP contribution in [0.5, 0.6) is 0 Å². The van der Waals surface area contributed by atoms with Gasteiger partial charge in [-0.05, 0) is 48.9 Å². The van der Waals surface area contributed by atoms with Crippen LogP contribution in [0.4, 0.5) is 13.2 Å². The number of halogens is 3. The maximum Gasteiger partial charge on any atom is 0.446 e. The molecule has 2 aromatic rings. The number of hydrogen-bond donors (Lipinski definition) is 1. The van der Waals surface area contributed by atoms with Gasteiger partial charge >= 0.3 is 5.51 Å². The van der Waals surface area contributed by atoms with Gasteiger partial charge in [0.05, 0.1) is 0 Å². The van der Waals surface area contributed by atoms with Crippen molar-refractivity contribution in [1.29, 1.82) is 0 Å². The van der Waals surface area contributed by atoms with Gasteiger partial charge in [-0.25, -0.2) is 0 Å². The number of carbonyl (C=O) groups excluding carboxylic acids is 1. The van der Waals surface area contributed by atoms with Gasteiger partial charge in [-0.1, -0.05) is 6.42 Å². The number of amides is 1. The van der Waals surface area contributed by atoms with E-state index in [0.29, 0.717) is 18.5 Å². The van der Waals surface area contributed by atoms with Crippen LogP contribution in [0.3, 0.4) is 0 Å². The first-order chi connectivity index (χ1) is 12.4. The van der Waals surface area contributed by atoms with Crippen molar-refractivity contribution in [3.63, 3.8) is 0 Å². The normalized spacial score (nSPS) is 14.6. The Hall–Kier alpha value is -2.03. The number of carbonyl (C=O) groups is 1. The SMILES string of the molecule is O=C(NCCc1nnc2n1CCCCC2)c1ccc(SC(F)(F)F)cc1. The van der Waals surface area contributed by atoms with Gasteiger partial charge in [0.25, 0.3) is 5.91 Å². The molecule has 9 heteroatoms. The molecule has 3 rings (SSSR count). The second-order valence-electron chi connectivity index (χ2n) is 6.07. The molecular weight excluding hydrogens is 365 g/mol. The highest BCUT2D eigenvalue weighted by Gasteiger charge is 2.29. The lowest BCUT2D eigenvalue weighted by molar-refractivity contribution is -0.0328. The average Bonchev–Trinajstić information content (AvgIpc) is 2.81. The number of thioether (sulfide) groups is 1. The minimum absolute atomic E-state index is 0.0557. The van der Waals surface area contributed by atoms with Crippen molar-refractivity contribution in [3.8, 4) is 0 Å². The van der Waals surface area contributed by atoms with Crippen LogP contribution in [0, 0.1) is 0 Å². The highest BCUT2D eigenvalue weighted by molar-refractivity contribution is 8.00. The van der Waals surface area contributed by atoms with Gasteiger partial charge in [-0.3, -0.25) is 4.79 Å². The van der Waals surface area contributed by atoms with E-state index in [0.717, 1.165) is 37.5 Å². The van der Waals surface area contributed by atoms with Crippen LogP contribution in [0.1, 0.15) is 41.3 Å². The fourth-order valence-corrected chi connectivity index (χ4v) is 3.47. The predicted octanol–water partition coefficient (Wildman–Crippen LogP) is 3.59. The standard InChI is InChI=1S/C17H19F3N4OS/c18-17(19,20)26-13-7-5-12(6-8-13)16(25)21-10-9-15-23-22-14-4-2-1-3-11-24(14)15/h5-8H,1-4,9-11H2,(H,21,25). The molecule has 0 aliphatic carbocycles. The number of rotatable bonds is 5. The first kappa shape index (κ1) is 18.8. The molecule has 5 nitrogen and oxygen atoms in total. The summed E-state index contributed by atoms with van der Waals surface area (Å²) in [6.45, 7) is 1.31. The predicted molar refractivity (Wildman–Crippen MR) is 92.0 cm³/mol. The van der Waals surface area contributed by atoms with Crippen LogP contribution in [-0.4, -0.2) is 32.7 Å². The molecule has 1 N–H and O–H groups in total. The third kappa shape index (κ3) is 5.00. The molecule has 0 unspecified atom stereocenters. The smallest absolute Gasteiger partial charge is 0.352 e. The van der Waals surface area contributed by atoms with Gasteiger partial charge in [0.2, 0.25) is 0 Å². The summed E-state index contributed by atoms with van der Waals surface area (Å²) in [5, 5.41) is 11.2. The second-order valence-corrected chi connectivity index (χ2v) is 7.21. The third-order valence-corrected chi connectivity index (χ3v) is 4.91. The summed E-state index contributed by atoms with van der Waals surface area (Å²) in [6, 6.07) is 5.38. The lowest BCUT2D eigenvalue weighted by atomic mass is 10.2. The first-order valence-electron chi connectivity index (χ1n) is 8.47.